The van der Waals surface area contributed by atoms with Gasteiger partial charge in [-0.05, 0) is 30.7 Å². The molecule has 0 radical (unpaired) electrons. The molecule has 0 bridgehead atoms. The Morgan fingerprint density at radius 1 is 1.00 bits per heavy atom. The van der Waals surface area contributed by atoms with Crippen LogP contribution < -0.4 is 5.32 Å². The van der Waals surface area contributed by atoms with Gasteiger partial charge in [-0.3, -0.25) is 29.1 Å². The zero-order valence-corrected chi connectivity index (χ0v) is 17.6. The number of ether oxygens (including phenoxy) is 1. The topological polar surface area (TPSA) is 106 Å². The van der Waals surface area contributed by atoms with Gasteiger partial charge in [0, 0.05) is 18.5 Å². The molecule has 0 saturated carbocycles. The van der Waals surface area contributed by atoms with Gasteiger partial charge in [0.05, 0.1) is 22.3 Å². The number of para-hydroxylation sites is 1. The summed E-state index contributed by atoms with van der Waals surface area (Å²) in [5.74, 6) is -2.47. The number of benzene rings is 2. The molecule has 3 aromatic rings. The zero-order chi connectivity index (χ0) is 22.8. The number of aromatic nitrogens is 1. The standard InChI is InChI=1S/C24H21N3O5/c1-3-19(32-14(2)28)21(27-23(30)16-10-4-5-11-17(16)24(27)31)22(29)26-18-12-6-8-15-9-7-13-25-20(15)18/h4-13,19,21H,3H2,1-2H3,(H,26,29)/t19-,21-/m0/s1. The van der Waals surface area contributed by atoms with Crippen molar-refractivity contribution in [3.05, 3.63) is 71.9 Å². The number of nitrogens with one attached hydrogen (secondary N) is 1. The molecule has 0 aliphatic carbocycles. The zero-order valence-electron chi connectivity index (χ0n) is 17.6. The molecular weight excluding hydrogens is 410 g/mol. The number of fused-ring (bicyclic) bond motifs is 2. The van der Waals surface area contributed by atoms with E-state index in [1.165, 1.54) is 19.1 Å². The average Bonchev–Trinajstić information content (AvgIpc) is 3.04. The predicted molar refractivity (Wildman–Crippen MR) is 117 cm³/mol. The summed E-state index contributed by atoms with van der Waals surface area (Å²) >= 11 is 0. The van der Waals surface area contributed by atoms with Crippen molar-refractivity contribution >= 4 is 40.3 Å². The number of rotatable bonds is 6. The second-order valence-corrected chi connectivity index (χ2v) is 7.40. The minimum Gasteiger partial charge on any atom is -0.460 e. The summed E-state index contributed by atoms with van der Waals surface area (Å²) in [4.78, 5) is 56.6. The molecule has 2 aromatic carbocycles. The number of imide groups is 1. The van der Waals surface area contributed by atoms with Crippen molar-refractivity contribution in [1.82, 2.24) is 9.88 Å². The molecule has 0 spiro atoms. The molecule has 162 valence electrons. The molecule has 1 aliphatic heterocycles. The summed E-state index contributed by atoms with van der Waals surface area (Å²) < 4.78 is 5.35. The first-order valence-corrected chi connectivity index (χ1v) is 10.2. The first-order chi connectivity index (χ1) is 15.4. The molecule has 2 atom stereocenters. The molecule has 1 N–H and O–H groups in total. The van der Waals surface area contributed by atoms with E-state index in [1.807, 2.05) is 12.1 Å². The molecule has 3 amide bonds. The third kappa shape index (κ3) is 3.71. The molecule has 8 nitrogen and oxygen atoms in total. The Bertz CT molecular complexity index is 1200. The van der Waals surface area contributed by atoms with Gasteiger partial charge in [-0.1, -0.05) is 37.3 Å². The van der Waals surface area contributed by atoms with Gasteiger partial charge in [0.2, 0.25) is 0 Å². The minimum atomic E-state index is -1.35. The van der Waals surface area contributed by atoms with E-state index >= 15 is 0 Å². The summed E-state index contributed by atoms with van der Waals surface area (Å²) in [5.41, 5.74) is 1.40. The number of carbonyl (C=O) groups excluding carboxylic acids is 4. The van der Waals surface area contributed by atoms with Crippen LogP contribution in [-0.4, -0.2) is 45.7 Å². The Labute approximate surface area is 184 Å². The van der Waals surface area contributed by atoms with Gasteiger partial charge in [-0.25, -0.2) is 0 Å². The third-order valence-electron chi connectivity index (χ3n) is 5.33. The fraction of sp³-hybridized carbons (Fsp3) is 0.208. The van der Waals surface area contributed by atoms with Gasteiger partial charge in [-0.2, -0.15) is 0 Å². The number of carbonyl (C=O) groups is 4. The predicted octanol–water partition coefficient (Wildman–Crippen LogP) is 3.18. The highest BCUT2D eigenvalue weighted by molar-refractivity contribution is 6.23. The fourth-order valence-corrected chi connectivity index (χ4v) is 3.91. The Balaban J connectivity index is 1.74. The molecule has 4 rings (SSSR count). The molecular formula is C24H21N3O5. The third-order valence-corrected chi connectivity index (χ3v) is 5.33. The van der Waals surface area contributed by atoms with E-state index in [1.54, 1.807) is 43.5 Å². The maximum absolute atomic E-state index is 13.5. The van der Waals surface area contributed by atoms with Crippen LogP contribution in [0.2, 0.25) is 0 Å². The summed E-state index contributed by atoms with van der Waals surface area (Å²) in [6.45, 7) is 2.93. The Morgan fingerprint density at radius 2 is 1.66 bits per heavy atom. The molecule has 0 fully saturated rings. The largest absolute Gasteiger partial charge is 0.460 e. The first kappa shape index (κ1) is 21.2. The van der Waals surface area contributed by atoms with E-state index in [9.17, 15) is 19.2 Å². The van der Waals surface area contributed by atoms with E-state index in [0.29, 0.717) is 11.2 Å². The minimum absolute atomic E-state index is 0.208. The molecule has 0 unspecified atom stereocenters. The van der Waals surface area contributed by atoms with Gasteiger partial charge < -0.3 is 10.1 Å². The smallest absolute Gasteiger partial charge is 0.302 e. The number of esters is 1. The second kappa shape index (κ2) is 8.58. The van der Waals surface area contributed by atoms with Crippen molar-refractivity contribution in [1.29, 1.82) is 0 Å². The number of amides is 3. The lowest BCUT2D eigenvalue weighted by Crippen LogP contribution is -2.54. The van der Waals surface area contributed by atoms with Crippen molar-refractivity contribution in [2.75, 3.05) is 5.32 Å². The number of nitrogens with zero attached hydrogens (tertiary/aromatic N) is 2. The van der Waals surface area contributed by atoms with Gasteiger partial charge in [0.1, 0.15) is 6.10 Å². The molecule has 0 saturated heterocycles. The highest BCUT2D eigenvalue weighted by atomic mass is 16.5. The summed E-state index contributed by atoms with van der Waals surface area (Å²) in [7, 11) is 0. The Hall–Kier alpha value is -4.07. The van der Waals surface area contributed by atoms with E-state index in [2.05, 4.69) is 10.3 Å². The summed E-state index contributed by atoms with van der Waals surface area (Å²) in [6.07, 6.45) is 0.810. The van der Waals surface area contributed by atoms with Gasteiger partial charge in [0.15, 0.2) is 6.04 Å². The van der Waals surface area contributed by atoms with Gasteiger partial charge in [0.25, 0.3) is 17.7 Å². The molecule has 32 heavy (non-hydrogen) atoms. The number of pyridine rings is 1. The quantitative estimate of drug-likeness (QED) is 0.475. The van der Waals surface area contributed by atoms with Crippen molar-refractivity contribution in [3.63, 3.8) is 0 Å². The fourth-order valence-electron chi connectivity index (χ4n) is 3.91. The maximum atomic E-state index is 13.5. The maximum Gasteiger partial charge on any atom is 0.302 e. The normalized spacial score (nSPS) is 14.8. The lowest BCUT2D eigenvalue weighted by molar-refractivity contribution is -0.150. The van der Waals surface area contributed by atoms with Crippen LogP contribution in [0.15, 0.2) is 60.8 Å². The lowest BCUT2D eigenvalue weighted by Gasteiger charge is -2.31. The highest BCUT2D eigenvalue weighted by Gasteiger charge is 2.46. The molecule has 2 heterocycles. The van der Waals surface area contributed by atoms with Crippen molar-refractivity contribution in [3.8, 4) is 0 Å². The molecule has 8 heteroatoms. The number of hydrogen-bond acceptors (Lipinski definition) is 6. The average molecular weight is 431 g/mol. The van der Waals surface area contributed by atoms with Crippen molar-refractivity contribution in [2.45, 2.75) is 32.4 Å². The highest BCUT2D eigenvalue weighted by Crippen LogP contribution is 2.29. The molecule has 1 aliphatic rings. The second-order valence-electron chi connectivity index (χ2n) is 7.40. The first-order valence-electron chi connectivity index (χ1n) is 10.2. The van der Waals surface area contributed by atoms with E-state index < -0.39 is 35.8 Å². The molecule has 1 aromatic heterocycles. The van der Waals surface area contributed by atoms with E-state index in [0.717, 1.165) is 10.3 Å². The Morgan fingerprint density at radius 3 is 2.28 bits per heavy atom. The van der Waals surface area contributed by atoms with Crippen molar-refractivity contribution in [2.24, 2.45) is 0 Å². The van der Waals surface area contributed by atoms with Crippen LogP contribution in [0.25, 0.3) is 10.9 Å². The van der Waals surface area contributed by atoms with Crippen LogP contribution in [0.4, 0.5) is 5.69 Å². The van der Waals surface area contributed by atoms with E-state index in [4.69, 9.17) is 4.74 Å². The van der Waals surface area contributed by atoms with Crippen LogP contribution in [0.3, 0.4) is 0 Å². The van der Waals surface area contributed by atoms with Crippen LogP contribution in [0.1, 0.15) is 41.0 Å². The van der Waals surface area contributed by atoms with Crippen LogP contribution >= 0.6 is 0 Å². The lowest BCUT2D eigenvalue weighted by atomic mass is 10.0. The number of hydrogen-bond donors (Lipinski definition) is 1. The number of anilines is 1. The SMILES string of the molecule is CC[C@H](OC(C)=O)[C@@H](C(=O)Nc1cccc2cccnc12)N1C(=O)c2ccccc2C1=O. The van der Waals surface area contributed by atoms with Gasteiger partial charge in [-0.15, -0.1) is 0 Å². The van der Waals surface area contributed by atoms with Crippen LogP contribution in [-0.2, 0) is 14.3 Å². The Kier molecular flexibility index (Phi) is 5.68. The van der Waals surface area contributed by atoms with Crippen LogP contribution in [0, 0.1) is 0 Å². The van der Waals surface area contributed by atoms with E-state index in [-0.39, 0.29) is 17.5 Å². The summed E-state index contributed by atoms with van der Waals surface area (Å²) in [5, 5.41) is 3.59. The summed E-state index contributed by atoms with van der Waals surface area (Å²) in [6, 6.07) is 13.9. The van der Waals surface area contributed by atoms with Crippen LogP contribution in [0.5, 0.6) is 0 Å². The van der Waals surface area contributed by atoms with Crippen molar-refractivity contribution < 1.29 is 23.9 Å². The monoisotopic (exact) mass is 431 g/mol. The van der Waals surface area contributed by atoms with Gasteiger partial charge >= 0.3 is 5.97 Å².